The maximum absolute atomic E-state index is 11.3. The first kappa shape index (κ1) is 14.6. The first-order valence-corrected chi connectivity index (χ1v) is 4.96. The number of benzene rings is 1. The number of carboxylic acid groups (broad SMARTS) is 1. The van der Waals surface area contributed by atoms with Crippen molar-refractivity contribution in [2.45, 2.75) is 25.7 Å². The minimum atomic E-state index is -0.914. The van der Waals surface area contributed by atoms with Gasteiger partial charge >= 0.3 is 5.97 Å². The van der Waals surface area contributed by atoms with Crippen molar-refractivity contribution in [1.29, 1.82) is 0 Å². The average molecular weight is 243 g/mol. The highest BCUT2D eigenvalue weighted by molar-refractivity contribution is 5.85. The zero-order valence-corrected chi connectivity index (χ0v) is 9.70. The van der Waals surface area contributed by atoms with E-state index in [2.05, 4.69) is 0 Å². The summed E-state index contributed by atoms with van der Waals surface area (Å²) in [6.45, 7) is 0. The number of aryl methyl sites for hydroxylation is 1. The van der Waals surface area contributed by atoms with Crippen molar-refractivity contribution in [2.75, 3.05) is 0 Å². The summed E-state index contributed by atoms with van der Waals surface area (Å²) in [5.74, 6) is -0.899. The van der Waals surface area contributed by atoms with Crippen LogP contribution in [0.3, 0.4) is 0 Å². The molecule has 0 bridgehead atoms. The number of hydrogen-bond donors (Lipinski definition) is 1. The van der Waals surface area contributed by atoms with Crippen LogP contribution in [-0.4, -0.2) is 16.9 Å². The topological polar surface area (TPSA) is 54.4 Å². The van der Waals surface area contributed by atoms with Gasteiger partial charge in [-0.2, -0.15) is 0 Å². The minimum absolute atomic E-state index is 0. The molecule has 0 saturated carbocycles. The van der Waals surface area contributed by atoms with Crippen molar-refractivity contribution in [1.82, 2.24) is 0 Å². The SMILES string of the molecule is Cl.O=C(O)CCC(=O)CCc1ccccc1. The number of hydrogen-bond acceptors (Lipinski definition) is 2. The fourth-order valence-corrected chi connectivity index (χ4v) is 1.30. The van der Waals surface area contributed by atoms with Crippen molar-refractivity contribution >= 4 is 24.2 Å². The molecule has 0 unspecified atom stereocenters. The lowest BCUT2D eigenvalue weighted by Gasteiger charge is -1.99. The van der Waals surface area contributed by atoms with E-state index in [9.17, 15) is 9.59 Å². The molecule has 1 aromatic rings. The molecule has 3 nitrogen and oxygen atoms in total. The fourth-order valence-electron chi connectivity index (χ4n) is 1.30. The number of Topliss-reactive ketones (excluding diaryl/α,β-unsaturated/α-hetero) is 1. The van der Waals surface area contributed by atoms with Gasteiger partial charge in [0, 0.05) is 12.8 Å². The summed E-state index contributed by atoms with van der Waals surface area (Å²) in [7, 11) is 0. The number of carbonyl (C=O) groups is 2. The summed E-state index contributed by atoms with van der Waals surface area (Å²) in [6, 6.07) is 9.71. The number of carbonyl (C=O) groups excluding carboxylic acids is 1. The Hall–Kier alpha value is -1.35. The summed E-state index contributed by atoms with van der Waals surface area (Å²) < 4.78 is 0. The highest BCUT2D eigenvalue weighted by atomic mass is 35.5. The lowest BCUT2D eigenvalue weighted by molar-refractivity contribution is -0.138. The Labute approximate surface area is 101 Å². The van der Waals surface area contributed by atoms with Crippen LogP contribution < -0.4 is 0 Å². The Kier molecular flexibility index (Phi) is 7.21. The Morgan fingerprint density at radius 1 is 1.00 bits per heavy atom. The molecule has 0 spiro atoms. The first-order valence-electron chi connectivity index (χ1n) is 4.96. The van der Waals surface area contributed by atoms with Crippen molar-refractivity contribution in [2.24, 2.45) is 0 Å². The normalized spacial score (nSPS) is 9.25. The van der Waals surface area contributed by atoms with Crippen LogP contribution in [0.5, 0.6) is 0 Å². The number of ketones is 1. The van der Waals surface area contributed by atoms with Gasteiger partial charge < -0.3 is 5.11 Å². The molecule has 0 fully saturated rings. The van der Waals surface area contributed by atoms with Gasteiger partial charge in [0.15, 0.2) is 0 Å². The third-order valence-corrected chi connectivity index (χ3v) is 2.15. The second-order valence-electron chi connectivity index (χ2n) is 3.42. The van der Waals surface area contributed by atoms with Crippen molar-refractivity contribution in [3.05, 3.63) is 35.9 Å². The summed E-state index contributed by atoms with van der Waals surface area (Å²) in [5.41, 5.74) is 1.11. The van der Waals surface area contributed by atoms with E-state index in [1.54, 1.807) is 0 Å². The molecule has 0 aliphatic carbocycles. The van der Waals surface area contributed by atoms with Gasteiger partial charge in [0.05, 0.1) is 6.42 Å². The van der Waals surface area contributed by atoms with E-state index in [4.69, 9.17) is 5.11 Å². The molecule has 0 radical (unpaired) electrons. The molecule has 1 rings (SSSR count). The smallest absolute Gasteiger partial charge is 0.303 e. The first-order chi connectivity index (χ1) is 7.18. The second kappa shape index (κ2) is 7.88. The van der Waals surface area contributed by atoms with E-state index >= 15 is 0 Å². The van der Waals surface area contributed by atoms with Gasteiger partial charge in [0.2, 0.25) is 0 Å². The van der Waals surface area contributed by atoms with Crippen LogP contribution in [0.2, 0.25) is 0 Å². The predicted octanol–water partition coefficient (Wildman–Crippen LogP) is 2.47. The molecule has 16 heavy (non-hydrogen) atoms. The number of rotatable bonds is 6. The maximum Gasteiger partial charge on any atom is 0.303 e. The van der Waals surface area contributed by atoms with Crippen LogP contribution in [0.1, 0.15) is 24.8 Å². The molecule has 0 aliphatic rings. The van der Waals surface area contributed by atoms with Crippen LogP contribution in [0.15, 0.2) is 30.3 Å². The molecule has 0 aromatic heterocycles. The molecule has 0 heterocycles. The molecule has 1 aromatic carbocycles. The molecular formula is C12H15ClO3. The summed E-state index contributed by atoms with van der Waals surface area (Å²) in [6.07, 6.45) is 1.20. The van der Waals surface area contributed by atoms with Gasteiger partial charge in [0.25, 0.3) is 0 Å². The van der Waals surface area contributed by atoms with Crippen LogP contribution in [0.4, 0.5) is 0 Å². The van der Waals surface area contributed by atoms with Crippen molar-refractivity contribution in [3.63, 3.8) is 0 Å². The third-order valence-electron chi connectivity index (χ3n) is 2.15. The monoisotopic (exact) mass is 242 g/mol. The van der Waals surface area contributed by atoms with E-state index in [0.717, 1.165) is 5.56 Å². The van der Waals surface area contributed by atoms with E-state index < -0.39 is 5.97 Å². The van der Waals surface area contributed by atoms with Crippen molar-refractivity contribution < 1.29 is 14.7 Å². The number of halogens is 1. The zero-order chi connectivity index (χ0) is 11.1. The Bertz CT molecular complexity index is 335. The van der Waals surface area contributed by atoms with Gasteiger partial charge in [0.1, 0.15) is 5.78 Å². The molecular weight excluding hydrogens is 228 g/mol. The zero-order valence-electron chi connectivity index (χ0n) is 8.89. The van der Waals surface area contributed by atoms with Gasteiger partial charge in [-0.25, -0.2) is 0 Å². The van der Waals surface area contributed by atoms with Gasteiger partial charge in [-0.1, -0.05) is 30.3 Å². The summed E-state index contributed by atoms with van der Waals surface area (Å²) in [4.78, 5) is 21.5. The highest BCUT2D eigenvalue weighted by Crippen LogP contribution is 2.04. The Morgan fingerprint density at radius 2 is 1.62 bits per heavy atom. The molecule has 4 heteroatoms. The largest absolute Gasteiger partial charge is 0.481 e. The standard InChI is InChI=1S/C12H14O3.ClH/c13-11(8-9-12(14)15)7-6-10-4-2-1-3-5-10;/h1-5H,6-9H2,(H,14,15);1H. The van der Waals surface area contributed by atoms with Crippen LogP contribution in [0.25, 0.3) is 0 Å². The van der Waals surface area contributed by atoms with Crippen LogP contribution >= 0.6 is 12.4 Å². The summed E-state index contributed by atoms with van der Waals surface area (Å²) >= 11 is 0. The molecule has 0 amide bonds. The average Bonchev–Trinajstić information content (AvgIpc) is 2.25. The fraction of sp³-hybridized carbons (Fsp3) is 0.333. The van der Waals surface area contributed by atoms with E-state index in [1.165, 1.54) is 0 Å². The number of aliphatic carboxylic acids is 1. The molecule has 0 saturated heterocycles. The minimum Gasteiger partial charge on any atom is -0.481 e. The van der Waals surface area contributed by atoms with Gasteiger partial charge in [-0.15, -0.1) is 12.4 Å². The van der Waals surface area contributed by atoms with E-state index in [-0.39, 0.29) is 31.0 Å². The highest BCUT2D eigenvalue weighted by Gasteiger charge is 2.05. The van der Waals surface area contributed by atoms with Gasteiger partial charge in [-0.3, -0.25) is 9.59 Å². The summed E-state index contributed by atoms with van der Waals surface area (Å²) in [5, 5.41) is 8.40. The third kappa shape index (κ3) is 6.19. The van der Waals surface area contributed by atoms with Crippen LogP contribution in [0, 0.1) is 0 Å². The maximum atomic E-state index is 11.3. The number of carboxylic acids is 1. The molecule has 1 N–H and O–H groups in total. The Balaban J connectivity index is 0.00000225. The lowest BCUT2D eigenvalue weighted by atomic mass is 10.1. The van der Waals surface area contributed by atoms with Crippen LogP contribution in [-0.2, 0) is 16.0 Å². The van der Waals surface area contributed by atoms with Crippen molar-refractivity contribution in [3.8, 4) is 0 Å². The van der Waals surface area contributed by atoms with Gasteiger partial charge in [-0.05, 0) is 12.0 Å². The van der Waals surface area contributed by atoms with E-state index in [0.29, 0.717) is 12.8 Å². The molecule has 0 atom stereocenters. The molecule has 88 valence electrons. The quantitative estimate of drug-likeness (QED) is 0.834. The predicted molar refractivity (Wildman–Crippen MR) is 63.9 cm³/mol. The molecule has 0 aliphatic heterocycles. The lowest BCUT2D eigenvalue weighted by Crippen LogP contribution is -2.04. The Morgan fingerprint density at radius 3 is 2.19 bits per heavy atom. The second-order valence-corrected chi connectivity index (χ2v) is 3.42. The van der Waals surface area contributed by atoms with E-state index in [1.807, 2.05) is 30.3 Å².